The number of nitrogens with zero attached hydrogens (tertiary/aromatic N) is 1. The first-order valence-electron chi connectivity index (χ1n) is 26.3. The van der Waals surface area contributed by atoms with Crippen LogP contribution in [-0.4, -0.2) is 0 Å². The molecule has 0 amide bonds. The molecule has 13 aromatic rings. The fraction of sp³-hybridized carbons (Fsp3) is 0.0270. The molecule has 76 heavy (non-hydrogen) atoms. The lowest BCUT2D eigenvalue weighted by Crippen LogP contribution is -2.28. The molecule has 0 aliphatic heterocycles. The minimum Gasteiger partial charge on any atom is -0.310 e. The van der Waals surface area contributed by atoms with E-state index in [0.29, 0.717) is 0 Å². The van der Waals surface area contributed by atoms with Crippen molar-refractivity contribution in [3.8, 4) is 44.5 Å². The van der Waals surface area contributed by atoms with Gasteiger partial charge in [-0.25, -0.2) is 0 Å². The SMILES string of the molecule is c1ccc(C2(c3ccccc3)c3ccccc3-c3cc(N(c4ccc(-c5ccc6c(c5)C(c5ccccc5)(c5ccccc5)c5ccccc5-6)cc4)c4cccc(-c5cccc6c5sc5ccccc56)c4)ccc32)cc1. The lowest BCUT2D eigenvalue weighted by molar-refractivity contribution is 0.768. The smallest absolute Gasteiger partial charge is 0.0713 e. The van der Waals surface area contributed by atoms with E-state index in [1.807, 2.05) is 11.3 Å². The van der Waals surface area contributed by atoms with Crippen molar-refractivity contribution in [1.82, 2.24) is 0 Å². The molecular weight excluding hydrogens is 935 g/mol. The monoisotopic (exact) mass is 983 g/mol. The second-order valence-corrected chi connectivity index (χ2v) is 21.3. The number of benzene rings is 12. The average Bonchev–Trinajstić information content (AvgIpc) is 4.32. The second-order valence-electron chi connectivity index (χ2n) is 20.3. The lowest BCUT2D eigenvalue weighted by atomic mass is 9.67. The summed E-state index contributed by atoms with van der Waals surface area (Å²) in [6.07, 6.45) is 0. The molecule has 2 aliphatic rings. The van der Waals surface area contributed by atoms with Crippen LogP contribution in [0, 0.1) is 0 Å². The van der Waals surface area contributed by atoms with Gasteiger partial charge in [0.05, 0.1) is 10.8 Å². The summed E-state index contributed by atoms with van der Waals surface area (Å²) in [5.74, 6) is 0. The minimum absolute atomic E-state index is 0.475. The van der Waals surface area contributed by atoms with E-state index < -0.39 is 10.8 Å². The lowest BCUT2D eigenvalue weighted by Gasteiger charge is -2.34. The number of hydrogen-bond donors (Lipinski definition) is 0. The molecule has 356 valence electrons. The van der Waals surface area contributed by atoms with E-state index in [4.69, 9.17) is 0 Å². The Bertz CT molecular complexity index is 4250. The van der Waals surface area contributed by atoms with E-state index in [1.54, 1.807) is 0 Å². The summed E-state index contributed by atoms with van der Waals surface area (Å²) in [5, 5.41) is 2.61. The molecule has 1 nitrogen and oxygen atoms in total. The Labute approximate surface area is 447 Å². The van der Waals surface area contributed by atoms with Crippen LogP contribution < -0.4 is 4.90 Å². The van der Waals surface area contributed by atoms with Crippen LogP contribution in [0.2, 0.25) is 0 Å². The molecule has 1 aromatic heterocycles. The summed E-state index contributed by atoms with van der Waals surface area (Å²) in [5.41, 5.74) is 22.4. The van der Waals surface area contributed by atoms with Crippen LogP contribution in [0.1, 0.15) is 44.5 Å². The van der Waals surface area contributed by atoms with Crippen LogP contribution in [0.3, 0.4) is 0 Å². The molecular formula is C74H49NS. The Morgan fingerprint density at radius 3 is 1.36 bits per heavy atom. The maximum atomic E-state index is 2.46. The van der Waals surface area contributed by atoms with Crippen molar-refractivity contribution in [2.24, 2.45) is 0 Å². The van der Waals surface area contributed by atoms with Crippen LogP contribution in [0.5, 0.6) is 0 Å². The minimum atomic E-state index is -0.488. The third kappa shape index (κ3) is 6.57. The summed E-state index contributed by atoms with van der Waals surface area (Å²) in [4.78, 5) is 2.46. The fourth-order valence-electron chi connectivity index (χ4n) is 13.2. The van der Waals surface area contributed by atoms with Crippen LogP contribution in [0.15, 0.2) is 297 Å². The maximum Gasteiger partial charge on any atom is 0.0713 e. The van der Waals surface area contributed by atoms with Gasteiger partial charge >= 0.3 is 0 Å². The van der Waals surface area contributed by atoms with Gasteiger partial charge in [0.25, 0.3) is 0 Å². The molecule has 0 saturated carbocycles. The van der Waals surface area contributed by atoms with Crippen molar-refractivity contribution in [2.45, 2.75) is 10.8 Å². The van der Waals surface area contributed by atoms with Crippen LogP contribution in [-0.2, 0) is 10.8 Å². The third-order valence-electron chi connectivity index (χ3n) is 16.4. The first-order valence-corrected chi connectivity index (χ1v) is 27.1. The zero-order valence-electron chi connectivity index (χ0n) is 41.6. The first kappa shape index (κ1) is 44.2. The molecule has 0 radical (unpaired) electrons. The van der Waals surface area contributed by atoms with Gasteiger partial charge in [-0.3, -0.25) is 0 Å². The highest BCUT2D eigenvalue weighted by atomic mass is 32.1. The Hall–Kier alpha value is -9.34. The Morgan fingerprint density at radius 1 is 0.250 bits per heavy atom. The van der Waals surface area contributed by atoms with Gasteiger partial charge in [0.1, 0.15) is 0 Å². The molecule has 2 aliphatic carbocycles. The predicted molar refractivity (Wildman–Crippen MR) is 319 cm³/mol. The largest absolute Gasteiger partial charge is 0.310 e. The second kappa shape index (κ2) is 17.7. The number of fused-ring (bicyclic) bond motifs is 9. The van der Waals surface area contributed by atoms with Gasteiger partial charge in [-0.2, -0.15) is 0 Å². The number of anilines is 3. The van der Waals surface area contributed by atoms with Crippen molar-refractivity contribution in [3.63, 3.8) is 0 Å². The Kier molecular flexibility index (Phi) is 10.3. The number of hydrogen-bond acceptors (Lipinski definition) is 2. The zero-order valence-corrected chi connectivity index (χ0v) is 42.5. The van der Waals surface area contributed by atoms with Gasteiger partial charge in [0, 0.05) is 37.2 Å². The van der Waals surface area contributed by atoms with E-state index in [2.05, 4.69) is 302 Å². The number of thiophene rings is 1. The van der Waals surface area contributed by atoms with Gasteiger partial charge in [-0.05, 0) is 138 Å². The first-order chi connectivity index (χ1) is 37.7. The van der Waals surface area contributed by atoms with Gasteiger partial charge in [-0.1, -0.05) is 249 Å². The van der Waals surface area contributed by atoms with E-state index >= 15 is 0 Å². The summed E-state index contributed by atoms with van der Waals surface area (Å²) >= 11 is 1.88. The molecule has 0 unspecified atom stereocenters. The van der Waals surface area contributed by atoms with Crippen molar-refractivity contribution in [1.29, 1.82) is 0 Å². The normalized spacial score (nSPS) is 13.5. The van der Waals surface area contributed by atoms with E-state index in [1.165, 1.54) is 109 Å². The molecule has 15 rings (SSSR count). The molecule has 0 spiro atoms. The molecule has 12 aromatic carbocycles. The molecule has 0 N–H and O–H groups in total. The van der Waals surface area contributed by atoms with Gasteiger partial charge in [-0.15, -0.1) is 11.3 Å². The maximum absolute atomic E-state index is 2.46. The molecule has 0 bridgehead atoms. The summed E-state index contributed by atoms with van der Waals surface area (Å²) in [6.45, 7) is 0. The quantitative estimate of drug-likeness (QED) is 0.139. The van der Waals surface area contributed by atoms with Gasteiger partial charge < -0.3 is 4.90 Å². The van der Waals surface area contributed by atoms with E-state index in [9.17, 15) is 0 Å². The number of rotatable bonds is 9. The standard InChI is InChI=1S/C74H49NS/c1-5-22-53(23-6-1)73(54-24-7-2-8-25-54)68-37-17-14-32-62(68)66-49-59(44-46-69(66)73)75(58-30-19-21-52(47-58)60-34-20-35-65-64-33-15-18-38-71(64)76-72(60)65)57-42-39-50(40-43-57)51-41-45-63-61-31-13-16-36-67(61)74(70(63)48-51,55-26-9-3-10-27-55)56-28-11-4-12-29-56/h1-49H. The Morgan fingerprint density at radius 2 is 0.711 bits per heavy atom. The molecule has 0 saturated heterocycles. The van der Waals surface area contributed by atoms with Crippen molar-refractivity contribution in [2.75, 3.05) is 4.90 Å². The summed E-state index contributed by atoms with van der Waals surface area (Å²) in [7, 11) is 0. The van der Waals surface area contributed by atoms with E-state index in [0.717, 1.165) is 17.1 Å². The van der Waals surface area contributed by atoms with Crippen molar-refractivity contribution in [3.05, 3.63) is 342 Å². The molecule has 2 heteroatoms. The van der Waals surface area contributed by atoms with Gasteiger partial charge in [0.2, 0.25) is 0 Å². The third-order valence-corrected chi connectivity index (χ3v) is 17.7. The van der Waals surface area contributed by atoms with Crippen molar-refractivity contribution < 1.29 is 0 Å². The van der Waals surface area contributed by atoms with Crippen LogP contribution >= 0.6 is 11.3 Å². The predicted octanol–water partition coefficient (Wildman–Crippen LogP) is 19.6. The van der Waals surface area contributed by atoms with Crippen LogP contribution in [0.25, 0.3) is 64.7 Å². The average molecular weight is 984 g/mol. The molecule has 1 heterocycles. The molecule has 0 atom stereocenters. The zero-order chi connectivity index (χ0) is 50.2. The van der Waals surface area contributed by atoms with Crippen LogP contribution in [0.4, 0.5) is 17.1 Å². The summed E-state index contributed by atoms with van der Waals surface area (Å²) < 4.78 is 2.62. The fourth-order valence-corrected chi connectivity index (χ4v) is 14.5. The topological polar surface area (TPSA) is 3.24 Å². The highest BCUT2D eigenvalue weighted by molar-refractivity contribution is 7.26. The highest BCUT2D eigenvalue weighted by Crippen LogP contribution is 2.59. The van der Waals surface area contributed by atoms with E-state index in [-0.39, 0.29) is 0 Å². The van der Waals surface area contributed by atoms with Gasteiger partial charge in [0.15, 0.2) is 0 Å². The molecule has 0 fully saturated rings. The Balaban J connectivity index is 0.906. The van der Waals surface area contributed by atoms with Crippen molar-refractivity contribution >= 4 is 48.6 Å². The summed E-state index contributed by atoms with van der Waals surface area (Å²) in [6, 6.07) is 111. The highest BCUT2D eigenvalue weighted by Gasteiger charge is 2.47.